The quantitative estimate of drug-likeness (QED) is 0.858. The zero-order valence-corrected chi connectivity index (χ0v) is 11.6. The van der Waals surface area contributed by atoms with Crippen molar-refractivity contribution >= 4 is 17.3 Å². The fraction of sp³-hybridized carbons (Fsp3) is 0.533. The Morgan fingerprint density at radius 2 is 2.05 bits per heavy atom. The van der Waals surface area contributed by atoms with Gasteiger partial charge in [0.05, 0.1) is 6.61 Å². The first kappa shape index (κ1) is 13.9. The van der Waals surface area contributed by atoms with E-state index in [1.807, 2.05) is 31.2 Å². The lowest BCUT2D eigenvalue weighted by molar-refractivity contribution is -0.115. The van der Waals surface area contributed by atoms with Crippen LogP contribution in [0.4, 0.5) is 11.4 Å². The predicted octanol–water partition coefficient (Wildman–Crippen LogP) is 2.87. The van der Waals surface area contributed by atoms with Gasteiger partial charge in [0.2, 0.25) is 5.91 Å². The van der Waals surface area contributed by atoms with E-state index >= 15 is 0 Å². The third-order valence-electron chi connectivity index (χ3n) is 3.56. The summed E-state index contributed by atoms with van der Waals surface area (Å²) in [4.78, 5) is 11.3. The molecule has 19 heavy (non-hydrogen) atoms. The van der Waals surface area contributed by atoms with E-state index in [9.17, 15) is 4.79 Å². The number of hydrogen-bond donors (Lipinski definition) is 2. The van der Waals surface area contributed by atoms with Crippen LogP contribution in [0.3, 0.4) is 0 Å². The van der Waals surface area contributed by atoms with E-state index < -0.39 is 0 Å². The third-order valence-corrected chi connectivity index (χ3v) is 3.56. The van der Waals surface area contributed by atoms with Crippen molar-refractivity contribution in [3.05, 3.63) is 24.3 Å². The third kappa shape index (κ3) is 3.96. The summed E-state index contributed by atoms with van der Waals surface area (Å²) in [7, 11) is 0. The Hall–Kier alpha value is -1.55. The first-order valence-electron chi connectivity index (χ1n) is 6.93. The molecule has 1 aliphatic heterocycles. The largest absolute Gasteiger partial charge is 0.382 e. The van der Waals surface area contributed by atoms with Gasteiger partial charge in [0.25, 0.3) is 0 Å². The number of carbonyl (C=O) groups is 1. The van der Waals surface area contributed by atoms with Crippen LogP contribution in [-0.4, -0.2) is 25.2 Å². The van der Waals surface area contributed by atoms with Gasteiger partial charge in [-0.2, -0.15) is 0 Å². The summed E-state index contributed by atoms with van der Waals surface area (Å²) in [5.41, 5.74) is 1.92. The average molecular weight is 262 g/mol. The van der Waals surface area contributed by atoms with Crippen LogP contribution in [-0.2, 0) is 9.53 Å². The van der Waals surface area contributed by atoms with Crippen molar-refractivity contribution in [1.29, 1.82) is 0 Å². The number of amides is 1. The van der Waals surface area contributed by atoms with Gasteiger partial charge in [-0.1, -0.05) is 6.92 Å². The molecule has 0 spiro atoms. The summed E-state index contributed by atoms with van der Waals surface area (Å²) >= 11 is 0. The molecule has 0 saturated carbocycles. The average Bonchev–Trinajstić information content (AvgIpc) is 2.95. The second-order valence-electron chi connectivity index (χ2n) is 5.04. The Bertz CT molecular complexity index is 411. The molecule has 1 amide bonds. The molecular formula is C15H22N2O2. The van der Waals surface area contributed by atoms with Gasteiger partial charge in [-0.3, -0.25) is 4.79 Å². The van der Waals surface area contributed by atoms with E-state index in [-0.39, 0.29) is 5.91 Å². The van der Waals surface area contributed by atoms with E-state index in [1.165, 1.54) is 0 Å². The Morgan fingerprint density at radius 3 is 2.63 bits per heavy atom. The van der Waals surface area contributed by atoms with E-state index in [0.717, 1.165) is 31.0 Å². The molecule has 2 N–H and O–H groups in total. The normalized spacial score (nSPS) is 20.0. The number of benzene rings is 1. The number of rotatable bonds is 5. The highest BCUT2D eigenvalue weighted by molar-refractivity contribution is 5.90. The molecule has 2 unspecified atom stereocenters. The molecule has 4 heteroatoms. The molecule has 1 fully saturated rings. The molecule has 1 heterocycles. The lowest BCUT2D eigenvalue weighted by Gasteiger charge is -2.20. The molecule has 2 rings (SSSR count). The Morgan fingerprint density at radius 1 is 1.37 bits per heavy atom. The summed E-state index contributed by atoms with van der Waals surface area (Å²) in [6.07, 6.45) is 1.62. The Labute approximate surface area is 114 Å². The number of anilines is 2. The van der Waals surface area contributed by atoms with Gasteiger partial charge in [0.15, 0.2) is 0 Å². The van der Waals surface area contributed by atoms with Crippen LogP contribution >= 0.6 is 0 Å². The fourth-order valence-electron chi connectivity index (χ4n) is 2.23. The molecule has 1 aromatic carbocycles. The molecule has 104 valence electrons. The van der Waals surface area contributed by atoms with Crippen LogP contribution in [0.25, 0.3) is 0 Å². The molecule has 0 aliphatic carbocycles. The summed E-state index contributed by atoms with van der Waals surface area (Å²) in [6.45, 7) is 5.75. The van der Waals surface area contributed by atoms with Crippen molar-refractivity contribution in [3.8, 4) is 0 Å². The lowest BCUT2D eigenvalue weighted by Crippen LogP contribution is -2.26. The minimum absolute atomic E-state index is 0.0391. The molecule has 4 nitrogen and oxygen atoms in total. The van der Waals surface area contributed by atoms with E-state index in [2.05, 4.69) is 17.6 Å². The van der Waals surface area contributed by atoms with Gasteiger partial charge in [-0.15, -0.1) is 0 Å². The van der Waals surface area contributed by atoms with Crippen molar-refractivity contribution in [1.82, 2.24) is 0 Å². The second kappa shape index (κ2) is 6.57. The molecule has 2 atom stereocenters. The van der Waals surface area contributed by atoms with Crippen molar-refractivity contribution in [2.75, 3.05) is 23.8 Å². The van der Waals surface area contributed by atoms with Gasteiger partial charge >= 0.3 is 0 Å². The number of carbonyl (C=O) groups excluding carboxylic acids is 1. The molecule has 0 radical (unpaired) electrons. The topological polar surface area (TPSA) is 50.4 Å². The standard InChI is InChI=1S/C15H22N2O2/c1-3-15(18)17-14-6-4-13(5-7-14)16-11(2)12-8-9-19-10-12/h4-7,11-12,16H,3,8-10H2,1-2H3,(H,17,18). The van der Waals surface area contributed by atoms with Gasteiger partial charge in [0, 0.05) is 36.4 Å². The number of hydrogen-bond acceptors (Lipinski definition) is 3. The van der Waals surface area contributed by atoms with Gasteiger partial charge < -0.3 is 15.4 Å². The molecule has 1 saturated heterocycles. The minimum Gasteiger partial charge on any atom is -0.382 e. The van der Waals surface area contributed by atoms with Gasteiger partial charge in [0.1, 0.15) is 0 Å². The number of nitrogens with one attached hydrogen (secondary N) is 2. The van der Waals surface area contributed by atoms with Crippen LogP contribution in [0.2, 0.25) is 0 Å². The first-order valence-corrected chi connectivity index (χ1v) is 6.93. The van der Waals surface area contributed by atoms with E-state index in [0.29, 0.717) is 18.4 Å². The van der Waals surface area contributed by atoms with E-state index in [1.54, 1.807) is 0 Å². The Balaban J connectivity index is 1.89. The highest BCUT2D eigenvalue weighted by Gasteiger charge is 2.21. The summed E-state index contributed by atoms with van der Waals surface area (Å²) < 4.78 is 5.40. The van der Waals surface area contributed by atoms with Crippen molar-refractivity contribution < 1.29 is 9.53 Å². The van der Waals surface area contributed by atoms with Crippen LogP contribution < -0.4 is 10.6 Å². The molecular weight excluding hydrogens is 240 g/mol. The predicted molar refractivity (Wildman–Crippen MR) is 77.4 cm³/mol. The SMILES string of the molecule is CCC(=O)Nc1ccc(NC(C)C2CCOC2)cc1. The molecule has 0 bridgehead atoms. The van der Waals surface area contributed by atoms with E-state index in [4.69, 9.17) is 4.74 Å². The highest BCUT2D eigenvalue weighted by atomic mass is 16.5. The fourth-order valence-corrected chi connectivity index (χ4v) is 2.23. The minimum atomic E-state index is 0.0391. The first-order chi connectivity index (χ1) is 9.19. The zero-order valence-electron chi connectivity index (χ0n) is 11.6. The maximum absolute atomic E-state index is 11.3. The van der Waals surface area contributed by atoms with Crippen molar-refractivity contribution in [3.63, 3.8) is 0 Å². The van der Waals surface area contributed by atoms with Crippen molar-refractivity contribution in [2.24, 2.45) is 5.92 Å². The number of ether oxygens (including phenoxy) is 1. The molecule has 1 aromatic rings. The lowest BCUT2D eigenvalue weighted by atomic mass is 10.0. The summed E-state index contributed by atoms with van der Waals surface area (Å²) in [5.74, 6) is 0.622. The molecule has 0 aromatic heterocycles. The Kier molecular flexibility index (Phi) is 4.80. The van der Waals surface area contributed by atoms with Crippen LogP contribution in [0.1, 0.15) is 26.7 Å². The maximum Gasteiger partial charge on any atom is 0.224 e. The summed E-state index contributed by atoms with van der Waals surface area (Å²) in [6, 6.07) is 8.25. The van der Waals surface area contributed by atoms with Crippen LogP contribution in [0.5, 0.6) is 0 Å². The van der Waals surface area contributed by atoms with Crippen LogP contribution in [0, 0.1) is 5.92 Å². The van der Waals surface area contributed by atoms with Crippen LogP contribution in [0.15, 0.2) is 24.3 Å². The second-order valence-corrected chi connectivity index (χ2v) is 5.04. The molecule has 1 aliphatic rings. The zero-order chi connectivity index (χ0) is 13.7. The maximum atomic E-state index is 11.3. The monoisotopic (exact) mass is 262 g/mol. The summed E-state index contributed by atoms with van der Waals surface area (Å²) in [5, 5.41) is 6.33. The highest BCUT2D eigenvalue weighted by Crippen LogP contribution is 2.21. The smallest absolute Gasteiger partial charge is 0.224 e. The van der Waals surface area contributed by atoms with Crippen molar-refractivity contribution in [2.45, 2.75) is 32.7 Å². The van der Waals surface area contributed by atoms with Gasteiger partial charge in [-0.25, -0.2) is 0 Å². The van der Waals surface area contributed by atoms with Gasteiger partial charge in [-0.05, 0) is 37.6 Å².